The van der Waals surface area contributed by atoms with Crippen LogP contribution in [0.15, 0.2) is 54.3 Å². The molecule has 1 atom stereocenters. The van der Waals surface area contributed by atoms with Gasteiger partial charge in [-0.3, -0.25) is 9.59 Å². The number of methoxy groups -OCH3 is 2. The highest BCUT2D eigenvalue weighted by Gasteiger charge is 2.39. The van der Waals surface area contributed by atoms with E-state index < -0.39 is 0 Å². The van der Waals surface area contributed by atoms with Gasteiger partial charge >= 0.3 is 5.97 Å². The summed E-state index contributed by atoms with van der Waals surface area (Å²) in [4.78, 5) is 25.6. The first-order chi connectivity index (χ1) is 17.1. The fraction of sp³-hybridized carbons (Fsp3) is 0.185. The van der Waals surface area contributed by atoms with Gasteiger partial charge in [-0.1, -0.05) is 12.1 Å². The first-order valence-corrected chi connectivity index (χ1v) is 11.0. The molecule has 0 aliphatic carbocycles. The second-order valence-electron chi connectivity index (χ2n) is 8.25. The molecule has 0 saturated carbocycles. The number of carbonyl (C=O) groups excluding carboxylic acids is 2. The van der Waals surface area contributed by atoms with E-state index in [0.717, 1.165) is 5.56 Å². The van der Waals surface area contributed by atoms with E-state index in [1.54, 1.807) is 50.6 Å². The third kappa shape index (κ3) is 3.45. The molecule has 0 saturated heterocycles. The highest BCUT2D eigenvalue weighted by molar-refractivity contribution is 6.15. The minimum Gasteiger partial charge on any atom is -0.493 e. The van der Waals surface area contributed by atoms with Gasteiger partial charge in [0, 0.05) is 11.5 Å². The molecule has 3 heterocycles. The number of benzene rings is 3. The van der Waals surface area contributed by atoms with E-state index in [4.69, 9.17) is 28.4 Å². The van der Waals surface area contributed by atoms with Crippen molar-refractivity contribution in [1.82, 2.24) is 0 Å². The molecule has 8 heteroatoms. The van der Waals surface area contributed by atoms with E-state index in [1.807, 2.05) is 18.2 Å². The van der Waals surface area contributed by atoms with Gasteiger partial charge in [-0.25, -0.2) is 0 Å². The molecule has 8 nitrogen and oxygen atoms in total. The third-order valence-corrected chi connectivity index (χ3v) is 6.28. The highest BCUT2D eigenvalue weighted by Crippen LogP contribution is 2.50. The van der Waals surface area contributed by atoms with Crippen molar-refractivity contribution >= 4 is 17.8 Å². The maximum atomic E-state index is 13.2. The Morgan fingerprint density at radius 3 is 2.49 bits per heavy atom. The van der Waals surface area contributed by atoms with Crippen LogP contribution in [0.25, 0.3) is 6.08 Å². The van der Waals surface area contributed by atoms with E-state index in [2.05, 4.69) is 0 Å². The van der Waals surface area contributed by atoms with Crippen molar-refractivity contribution in [2.75, 3.05) is 21.0 Å². The van der Waals surface area contributed by atoms with Crippen LogP contribution in [-0.4, -0.2) is 32.8 Å². The van der Waals surface area contributed by atoms with Gasteiger partial charge < -0.3 is 28.4 Å². The van der Waals surface area contributed by atoms with Crippen molar-refractivity contribution in [3.8, 4) is 34.5 Å². The number of carbonyl (C=O) groups is 2. The van der Waals surface area contributed by atoms with Crippen LogP contribution in [-0.2, 0) is 4.79 Å². The summed E-state index contributed by atoms with van der Waals surface area (Å²) >= 11 is 0. The lowest BCUT2D eigenvalue weighted by atomic mass is 9.84. The molecule has 3 aliphatic rings. The van der Waals surface area contributed by atoms with Crippen LogP contribution in [0.1, 0.15) is 39.4 Å². The summed E-state index contributed by atoms with van der Waals surface area (Å²) in [6, 6.07) is 14.2. The van der Waals surface area contributed by atoms with Crippen LogP contribution in [0.3, 0.4) is 0 Å². The van der Waals surface area contributed by atoms with Gasteiger partial charge in [-0.2, -0.15) is 0 Å². The molecular formula is C27H20O8. The normalized spacial score (nSPS) is 18.6. The van der Waals surface area contributed by atoms with Crippen molar-refractivity contribution in [2.45, 2.75) is 12.3 Å². The SMILES string of the molecule is COc1ccc(/C=C2\Oc3c(ccc4c3[C@@H](c3ccc5c(c3)OCO5)CC(=O)O4)C2=O)cc1OC. The molecule has 35 heavy (non-hydrogen) atoms. The van der Waals surface area contributed by atoms with Crippen LogP contribution in [0.5, 0.6) is 34.5 Å². The number of allylic oxidation sites excluding steroid dienone is 1. The van der Waals surface area contributed by atoms with E-state index in [9.17, 15) is 9.59 Å². The molecule has 3 aliphatic heterocycles. The fourth-order valence-corrected chi connectivity index (χ4v) is 4.61. The van der Waals surface area contributed by atoms with Crippen LogP contribution in [0.4, 0.5) is 0 Å². The molecule has 0 bridgehead atoms. The molecule has 0 amide bonds. The second-order valence-corrected chi connectivity index (χ2v) is 8.25. The molecule has 0 unspecified atom stereocenters. The highest BCUT2D eigenvalue weighted by atomic mass is 16.7. The molecule has 0 fully saturated rings. The summed E-state index contributed by atoms with van der Waals surface area (Å²) in [7, 11) is 3.11. The Morgan fingerprint density at radius 2 is 1.66 bits per heavy atom. The van der Waals surface area contributed by atoms with Gasteiger partial charge in [0.25, 0.3) is 0 Å². The Bertz CT molecular complexity index is 1420. The molecule has 3 aromatic rings. The Labute approximate surface area is 200 Å². The van der Waals surface area contributed by atoms with E-state index in [1.165, 1.54) is 0 Å². The topological polar surface area (TPSA) is 89.5 Å². The zero-order valence-corrected chi connectivity index (χ0v) is 19.0. The van der Waals surface area contributed by atoms with E-state index in [-0.39, 0.29) is 36.6 Å². The summed E-state index contributed by atoms with van der Waals surface area (Å²) in [5, 5.41) is 0. The molecule has 6 rings (SSSR count). The summed E-state index contributed by atoms with van der Waals surface area (Å²) < 4.78 is 33.2. The average Bonchev–Trinajstić information content (AvgIpc) is 3.47. The van der Waals surface area contributed by atoms with Crippen LogP contribution in [0, 0.1) is 0 Å². The van der Waals surface area contributed by atoms with Crippen LogP contribution in [0.2, 0.25) is 0 Å². The molecule has 176 valence electrons. The van der Waals surface area contributed by atoms with Crippen LogP contribution < -0.4 is 28.4 Å². The fourth-order valence-electron chi connectivity index (χ4n) is 4.61. The van der Waals surface area contributed by atoms with Gasteiger partial charge in [-0.15, -0.1) is 0 Å². The van der Waals surface area contributed by atoms with Gasteiger partial charge in [0.2, 0.25) is 12.6 Å². The van der Waals surface area contributed by atoms with Gasteiger partial charge in [0.15, 0.2) is 28.8 Å². The largest absolute Gasteiger partial charge is 0.493 e. The van der Waals surface area contributed by atoms with Crippen molar-refractivity contribution in [3.05, 3.63) is 76.5 Å². The summed E-state index contributed by atoms with van der Waals surface area (Å²) in [5.74, 6) is 2.35. The zero-order valence-electron chi connectivity index (χ0n) is 19.0. The minimum atomic E-state index is -0.371. The number of ether oxygens (including phenoxy) is 6. The second kappa shape index (κ2) is 8.09. The van der Waals surface area contributed by atoms with Crippen molar-refractivity contribution in [3.63, 3.8) is 0 Å². The summed E-state index contributed by atoms with van der Waals surface area (Å²) in [6.07, 6.45) is 1.76. The van der Waals surface area contributed by atoms with Crippen molar-refractivity contribution in [1.29, 1.82) is 0 Å². The molecule has 0 radical (unpaired) electrons. The van der Waals surface area contributed by atoms with Gasteiger partial charge in [0.05, 0.1) is 26.2 Å². The Morgan fingerprint density at radius 1 is 0.857 bits per heavy atom. The van der Waals surface area contributed by atoms with Crippen molar-refractivity contribution in [2.24, 2.45) is 0 Å². The Hall–Kier alpha value is -4.46. The smallest absolute Gasteiger partial charge is 0.312 e. The van der Waals surface area contributed by atoms with Crippen LogP contribution >= 0.6 is 0 Å². The first-order valence-electron chi connectivity index (χ1n) is 11.0. The quantitative estimate of drug-likeness (QED) is 0.312. The molecule has 3 aromatic carbocycles. The molecule has 0 N–H and O–H groups in total. The summed E-state index contributed by atoms with van der Waals surface area (Å²) in [6.45, 7) is 0.152. The number of ketones is 1. The lowest BCUT2D eigenvalue weighted by Gasteiger charge is -2.26. The monoisotopic (exact) mass is 472 g/mol. The minimum absolute atomic E-state index is 0.107. The number of Topliss-reactive ketones (excluding diaryl/α,β-unsaturated/α-hetero) is 1. The lowest BCUT2D eigenvalue weighted by molar-refractivity contribution is -0.135. The lowest BCUT2D eigenvalue weighted by Crippen LogP contribution is -2.21. The predicted molar refractivity (Wildman–Crippen MR) is 124 cm³/mol. The number of rotatable bonds is 4. The number of fused-ring (bicyclic) bond motifs is 4. The maximum absolute atomic E-state index is 13.2. The van der Waals surface area contributed by atoms with Crippen molar-refractivity contribution < 1.29 is 38.0 Å². The van der Waals surface area contributed by atoms with E-state index >= 15 is 0 Å². The molecular weight excluding hydrogens is 452 g/mol. The standard InChI is InChI=1S/C27H20O8/c1-30-18-6-3-14(9-21(18)31-2)10-23-26(29)16-5-8-20-25(27(16)35-23)17(12-24(28)34-20)15-4-7-19-22(11-15)33-13-32-19/h3-11,17H,12-13H2,1-2H3/b23-10-/t17-/m1/s1. The number of hydrogen-bond donors (Lipinski definition) is 0. The maximum Gasteiger partial charge on any atom is 0.312 e. The predicted octanol–water partition coefficient (Wildman–Crippen LogP) is 4.49. The van der Waals surface area contributed by atoms with Gasteiger partial charge in [-0.05, 0) is 53.6 Å². The first kappa shape index (κ1) is 21.1. The third-order valence-electron chi connectivity index (χ3n) is 6.28. The Balaban J connectivity index is 1.42. The molecule has 0 spiro atoms. The van der Waals surface area contributed by atoms with E-state index in [0.29, 0.717) is 51.2 Å². The zero-order chi connectivity index (χ0) is 24.1. The van der Waals surface area contributed by atoms with Gasteiger partial charge in [0.1, 0.15) is 11.5 Å². The molecule has 0 aromatic heterocycles. The summed E-state index contributed by atoms with van der Waals surface area (Å²) in [5.41, 5.74) is 2.63. The number of esters is 1. The Kier molecular flexibility index (Phi) is 4.88. The average molecular weight is 472 g/mol. The number of hydrogen-bond acceptors (Lipinski definition) is 8.